The van der Waals surface area contributed by atoms with Gasteiger partial charge in [-0.2, -0.15) is 0 Å². The molecular weight excluding hydrogens is 408 g/mol. The number of amides is 2. The Balaban J connectivity index is 1.64. The summed E-state index contributed by atoms with van der Waals surface area (Å²) in [6, 6.07) is 12.2. The first kappa shape index (κ1) is 21.3. The molecule has 1 heterocycles. The predicted molar refractivity (Wildman–Crippen MR) is 112 cm³/mol. The molecule has 2 aromatic rings. The second-order valence-electron chi connectivity index (χ2n) is 6.85. The molecule has 0 radical (unpaired) electrons. The number of nitrogens with one attached hydrogen (secondary N) is 2. The Bertz CT molecular complexity index is 1090. The maximum absolute atomic E-state index is 12.5. The number of ether oxygens (including phenoxy) is 1. The van der Waals surface area contributed by atoms with Crippen molar-refractivity contribution in [1.82, 2.24) is 9.62 Å². The fraction of sp³-hybridized carbons (Fsp3) is 0.250. The summed E-state index contributed by atoms with van der Waals surface area (Å²) in [5.41, 5.74) is 0.955. The largest absolute Gasteiger partial charge is 0.484 e. The van der Waals surface area contributed by atoms with E-state index in [0.29, 0.717) is 17.0 Å². The van der Waals surface area contributed by atoms with Crippen LogP contribution in [0.5, 0.6) is 5.75 Å². The zero-order valence-corrected chi connectivity index (χ0v) is 17.6. The van der Waals surface area contributed by atoms with Gasteiger partial charge in [-0.1, -0.05) is 12.1 Å². The summed E-state index contributed by atoms with van der Waals surface area (Å²) in [5, 5.41) is 2.72. The normalized spacial score (nSPS) is 16.3. The minimum Gasteiger partial charge on any atom is -0.484 e. The number of likely N-dealkylation sites (N-methyl/N-ethyl adjacent to an activating group) is 1. The van der Waals surface area contributed by atoms with Crippen LogP contribution in [0, 0.1) is 0 Å². The number of aliphatic imine (C=N–C) groups is 1. The zero-order valence-electron chi connectivity index (χ0n) is 16.7. The smallest absolute Gasteiger partial charge is 0.263 e. The van der Waals surface area contributed by atoms with Gasteiger partial charge in [-0.25, -0.2) is 8.42 Å². The van der Waals surface area contributed by atoms with E-state index in [9.17, 15) is 18.0 Å². The van der Waals surface area contributed by atoms with Crippen molar-refractivity contribution in [3.05, 3.63) is 54.1 Å². The predicted octanol–water partition coefficient (Wildman–Crippen LogP) is 1.22. The van der Waals surface area contributed by atoms with Crippen LogP contribution < -0.4 is 14.8 Å². The van der Waals surface area contributed by atoms with Crippen molar-refractivity contribution in [3.63, 3.8) is 0 Å². The SMILES string of the molecule is C[C@H](N=C1NS(=O)(=O)c2ccccc21)C(=O)Nc1ccc(OCC(=O)N(C)C)cc1. The van der Waals surface area contributed by atoms with Gasteiger partial charge in [0.2, 0.25) is 5.91 Å². The van der Waals surface area contributed by atoms with E-state index in [4.69, 9.17) is 4.74 Å². The lowest BCUT2D eigenvalue weighted by atomic mass is 10.2. The molecule has 0 saturated heterocycles. The summed E-state index contributed by atoms with van der Waals surface area (Å²) in [4.78, 5) is 29.8. The number of rotatable bonds is 6. The average Bonchev–Trinajstić information content (AvgIpc) is 2.97. The third kappa shape index (κ3) is 4.77. The number of benzene rings is 2. The van der Waals surface area contributed by atoms with Crippen molar-refractivity contribution in [2.75, 3.05) is 26.0 Å². The Labute approximate surface area is 174 Å². The maximum Gasteiger partial charge on any atom is 0.263 e. The summed E-state index contributed by atoms with van der Waals surface area (Å²) in [6.45, 7) is 1.49. The summed E-state index contributed by atoms with van der Waals surface area (Å²) in [7, 11) is -0.375. The molecular formula is C20H22N4O5S. The molecule has 2 amide bonds. The lowest BCUT2D eigenvalue weighted by molar-refractivity contribution is -0.130. The summed E-state index contributed by atoms with van der Waals surface area (Å²) in [6.07, 6.45) is 0. The van der Waals surface area contributed by atoms with Crippen LogP contribution in [-0.4, -0.2) is 57.7 Å². The molecule has 10 heteroatoms. The first-order valence-electron chi connectivity index (χ1n) is 9.11. The Hall–Kier alpha value is -3.40. The molecule has 1 aliphatic rings. The quantitative estimate of drug-likeness (QED) is 0.715. The number of sulfonamides is 1. The molecule has 30 heavy (non-hydrogen) atoms. The first-order chi connectivity index (χ1) is 14.2. The van der Waals surface area contributed by atoms with Crippen LogP contribution in [0.4, 0.5) is 5.69 Å². The van der Waals surface area contributed by atoms with Crippen molar-refractivity contribution in [3.8, 4) is 5.75 Å². The number of amidine groups is 1. The third-order valence-corrected chi connectivity index (χ3v) is 5.74. The van der Waals surface area contributed by atoms with Gasteiger partial charge >= 0.3 is 0 Å². The highest BCUT2D eigenvalue weighted by molar-refractivity contribution is 7.90. The van der Waals surface area contributed by atoms with E-state index in [-0.39, 0.29) is 23.2 Å². The average molecular weight is 430 g/mol. The van der Waals surface area contributed by atoms with E-state index < -0.39 is 22.0 Å². The highest BCUT2D eigenvalue weighted by atomic mass is 32.2. The Kier molecular flexibility index (Phi) is 6.06. The molecule has 0 aromatic heterocycles. The van der Waals surface area contributed by atoms with Gasteiger partial charge in [0, 0.05) is 25.3 Å². The lowest BCUT2D eigenvalue weighted by Gasteiger charge is -2.12. The summed E-state index contributed by atoms with van der Waals surface area (Å²) >= 11 is 0. The minimum atomic E-state index is -3.66. The van der Waals surface area contributed by atoms with Gasteiger partial charge in [0.25, 0.3) is 15.9 Å². The van der Waals surface area contributed by atoms with Crippen LogP contribution in [0.1, 0.15) is 12.5 Å². The highest BCUT2D eigenvalue weighted by Gasteiger charge is 2.31. The van der Waals surface area contributed by atoms with Gasteiger partial charge in [-0.15, -0.1) is 0 Å². The van der Waals surface area contributed by atoms with E-state index in [0.717, 1.165) is 0 Å². The van der Waals surface area contributed by atoms with Crippen LogP contribution in [0.3, 0.4) is 0 Å². The van der Waals surface area contributed by atoms with Gasteiger partial charge in [-0.05, 0) is 43.3 Å². The fourth-order valence-corrected chi connectivity index (χ4v) is 3.88. The summed E-state index contributed by atoms with van der Waals surface area (Å²) in [5.74, 6) is 0.0722. The monoisotopic (exact) mass is 430 g/mol. The van der Waals surface area contributed by atoms with Crippen molar-refractivity contribution < 1.29 is 22.7 Å². The van der Waals surface area contributed by atoms with E-state index >= 15 is 0 Å². The fourth-order valence-electron chi connectivity index (χ4n) is 2.64. The number of fused-ring (bicyclic) bond motifs is 1. The molecule has 0 aliphatic carbocycles. The molecule has 158 valence electrons. The number of carbonyl (C=O) groups excluding carboxylic acids is 2. The van der Waals surface area contributed by atoms with Crippen LogP contribution >= 0.6 is 0 Å². The molecule has 1 aliphatic heterocycles. The number of nitrogens with zero attached hydrogens (tertiary/aromatic N) is 2. The summed E-state index contributed by atoms with van der Waals surface area (Å²) < 4.78 is 32.1. The van der Waals surface area contributed by atoms with E-state index in [1.807, 2.05) is 0 Å². The molecule has 0 fully saturated rings. The number of hydrogen-bond acceptors (Lipinski definition) is 6. The van der Waals surface area contributed by atoms with Gasteiger partial charge in [0.05, 0.1) is 4.90 Å². The minimum absolute atomic E-state index is 0.0788. The molecule has 0 saturated carbocycles. The van der Waals surface area contributed by atoms with E-state index in [1.54, 1.807) is 63.5 Å². The van der Waals surface area contributed by atoms with Gasteiger partial charge in [0.1, 0.15) is 17.6 Å². The first-order valence-corrected chi connectivity index (χ1v) is 10.6. The lowest BCUT2D eigenvalue weighted by Crippen LogP contribution is -2.29. The van der Waals surface area contributed by atoms with Gasteiger partial charge in [-0.3, -0.25) is 19.3 Å². The molecule has 1 atom stereocenters. The Morgan fingerprint density at radius 2 is 1.80 bits per heavy atom. The number of carbonyl (C=O) groups is 2. The second kappa shape index (κ2) is 8.54. The Morgan fingerprint density at radius 3 is 2.47 bits per heavy atom. The maximum atomic E-state index is 12.5. The van der Waals surface area contributed by atoms with Crippen LogP contribution in [0.15, 0.2) is 58.4 Å². The van der Waals surface area contributed by atoms with Crippen molar-refractivity contribution in [1.29, 1.82) is 0 Å². The molecule has 0 unspecified atom stereocenters. The molecule has 2 aromatic carbocycles. The highest BCUT2D eigenvalue weighted by Crippen LogP contribution is 2.23. The van der Waals surface area contributed by atoms with E-state index in [2.05, 4.69) is 15.0 Å². The van der Waals surface area contributed by atoms with Crippen LogP contribution in [0.25, 0.3) is 0 Å². The molecule has 3 rings (SSSR count). The van der Waals surface area contributed by atoms with Crippen molar-refractivity contribution in [2.24, 2.45) is 4.99 Å². The van der Waals surface area contributed by atoms with Gasteiger partial charge < -0.3 is 15.0 Å². The molecule has 0 spiro atoms. The third-order valence-electron chi connectivity index (χ3n) is 4.35. The second-order valence-corrected chi connectivity index (χ2v) is 8.50. The standard InChI is InChI=1S/C20H22N4O5S/c1-13(21-19-16-6-4-5-7-17(16)30(27,28)23-19)20(26)22-14-8-10-15(11-9-14)29-12-18(25)24(2)3/h4-11,13H,12H2,1-3H3,(H,21,23)(H,22,26)/t13-/m0/s1. The molecule has 0 bridgehead atoms. The van der Waals surface area contributed by atoms with Crippen LogP contribution in [-0.2, 0) is 19.6 Å². The van der Waals surface area contributed by atoms with Crippen LogP contribution in [0.2, 0.25) is 0 Å². The molecule has 2 N–H and O–H groups in total. The Morgan fingerprint density at radius 1 is 1.13 bits per heavy atom. The van der Waals surface area contributed by atoms with Crippen molar-refractivity contribution in [2.45, 2.75) is 17.9 Å². The number of hydrogen-bond donors (Lipinski definition) is 2. The van der Waals surface area contributed by atoms with E-state index in [1.165, 1.54) is 11.0 Å². The molecule has 9 nitrogen and oxygen atoms in total. The topological polar surface area (TPSA) is 117 Å². The van der Waals surface area contributed by atoms with Crippen molar-refractivity contribution >= 4 is 33.4 Å². The number of anilines is 1. The zero-order chi connectivity index (χ0) is 21.9. The van der Waals surface area contributed by atoms with Gasteiger partial charge in [0.15, 0.2) is 6.61 Å².